The number of hydrogen-bond acceptors (Lipinski definition) is 4. The van der Waals surface area contributed by atoms with E-state index in [1.165, 1.54) is 0 Å². The zero-order chi connectivity index (χ0) is 9.14. The quantitative estimate of drug-likeness (QED) is 0.500. The van der Waals surface area contributed by atoms with Gasteiger partial charge in [-0.05, 0) is 6.42 Å². The fraction of sp³-hybridized carbons (Fsp3) is 0.500. The summed E-state index contributed by atoms with van der Waals surface area (Å²) in [5, 5.41) is 9.07. The lowest BCUT2D eigenvalue weighted by atomic mass is 10.1. The van der Waals surface area contributed by atoms with Crippen molar-refractivity contribution in [3.8, 4) is 0 Å². The predicted octanol–water partition coefficient (Wildman–Crippen LogP) is 0.724. The van der Waals surface area contributed by atoms with Gasteiger partial charge in [-0.3, -0.25) is 4.79 Å². The fourth-order valence-electron chi connectivity index (χ4n) is 1.02. The summed E-state index contributed by atoms with van der Waals surface area (Å²) in [6.45, 7) is 1.67. The molecule has 1 aliphatic heterocycles. The Kier molecular flexibility index (Phi) is 2.47. The molecule has 0 unspecified atom stereocenters. The minimum Gasteiger partial charge on any atom is -0.508 e. The van der Waals surface area contributed by atoms with Crippen LogP contribution >= 0.6 is 0 Å². The Morgan fingerprint density at radius 1 is 1.67 bits per heavy atom. The van der Waals surface area contributed by atoms with Crippen molar-refractivity contribution in [2.45, 2.75) is 19.8 Å². The van der Waals surface area contributed by atoms with E-state index < -0.39 is 5.97 Å². The van der Waals surface area contributed by atoms with Crippen molar-refractivity contribution in [3.05, 3.63) is 11.3 Å². The highest BCUT2D eigenvalue weighted by Crippen LogP contribution is 2.16. The molecule has 0 amide bonds. The van der Waals surface area contributed by atoms with Gasteiger partial charge in [0.05, 0.1) is 0 Å². The van der Waals surface area contributed by atoms with Crippen LogP contribution in [-0.2, 0) is 14.3 Å². The molecule has 1 rings (SSSR count). The van der Waals surface area contributed by atoms with Crippen LogP contribution in [0.3, 0.4) is 0 Å². The smallest absolute Gasteiger partial charge is 0.345 e. The van der Waals surface area contributed by atoms with Crippen LogP contribution < -0.4 is 0 Å². The van der Waals surface area contributed by atoms with Crippen molar-refractivity contribution in [1.29, 1.82) is 0 Å². The molecule has 0 bridgehead atoms. The Bertz CT molecular complexity index is 252. The zero-order valence-electron chi connectivity index (χ0n) is 6.79. The zero-order valence-corrected chi connectivity index (χ0v) is 6.79. The molecule has 0 aromatic carbocycles. The first-order chi connectivity index (χ1) is 5.66. The number of ketones is 1. The maximum Gasteiger partial charge on any atom is 0.345 e. The lowest BCUT2D eigenvalue weighted by Gasteiger charge is -1.95. The van der Waals surface area contributed by atoms with Gasteiger partial charge in [-0.15, -0.1) is 0 Å². The highest BCUT2D eigenvalue weighted by atomic mass is 16.5. The van der Waals surface area contributed by atoms with Gasteiger partial charge in [0, 0.05) is 6.42 Å². The number of carbonyl (C=O) groups excluding carboxylic acids is 2. The molecule has 4 nitrogen and oxygen atoms in total. The molecular weight excluding hydrogens is 160 g/mol. The van der Waals surface area contributed by atoms with Crippen LogP contribution in [0.2, 0.25) is 0 Å². The molecule has 0 atom stereocenters. The topological polar surface area (TPSA) is 63.6 Å². The van der Waals surface area contributed by atoms with Gasteiger partial charge < -0.3 is 9.84 Å². The molecule has 66 valence electrons. The summed E-state index contributed by atoms with van der Waals surface area (Å²) in [4.78, 5) is 22.0. The van der Waals surface area contributed by atoms with Gasteiger partial charge in [0.15, 0.2) is 5.78 Å². The van der Waals surface area contributed by atoms with Crippen molar-refractivity contribution in [2.24, 2.45) is 0 Å². The molecule has 0 spiro atoms. The Morgan fingerprint density at radius 3 is 2.75 bits per heavy atom. The van der Waals surface area contributed by atoms with Gasteiger partial charge in [-0.25, -0.2) is 4.79 Å². The minimum absolute atomic E-state index is 0.163. The lowest BCUT2D eigenvalue weighted by molar-refractivity contribution is -0.137. The molecule has 12 heavy (non-hydrogen) atoms. The van der Waals surface area contributed by atoms with Crippen LogP contribution in [0.4, 0.5) is 0 Å². The molecule has 1 aliphatic rings. The van der Waals surface area contributed by atoms with Crippen molar-refractivity contribution in [1.82, 2.24) is 0 Å². The van der Waals surface area contributed by atoms with Crippen LogP contribution in [-0.4, -0.2) is 23.5 Å². The Hall–Kier alpha value is -1.32. The summed E-state index contributed by atoms with van der Waals surface area (Å²) in [7, 11) is 0. The number of aliphatic hydroxyl groups excluding tert-OH is 1. The van der Waals surface area contributed by atoms with Crippen molar-refractivity contribution < 1.29 is 19.4 Å². The molecule has 0 aromatic rings. The van der Waals surface area contributed by atoms with Crippen LogP contribution in [0.1, 0.15) is 19.8 Å². The minimum atomic E-state index is -0.703. The van der Waals surface area contributed by atoms with E-state index in [1.807, 2.05) is 6.92 Å². The summed E-state index contributed by atoms with van der Waals surface area (Å²) in [5.41, 5.74) is -0.170. The van der Waals surface area contributed by atoms with Crippen LogP contribution in [0, 0.1) is 0 Å². The molecule has 1 heterocycles. The molecule has 0 saturated carbocycles. The number of rotatable bonds is 3. The van der Waals surface area contributed by atoms with E-state index >= 15 is 0 Å². The Labute approximate surface area is 69.8 Å². The third-order valence-corrected chi connectivity index (χ3v) is 1.59. The molecular formula is C8H10O4. The van der Waals surface area contributed by atoms with Gasteiger partial charge in [0.2, 0.25) is 0 Å². The molecule has 0 aromatic heterocycles. The third-order valence-electron chi connectivity index (χ3n) is 1.59. The molecule has 0 radical (unpaired) electrons. The third kappa shape index (κ3) is 1.47. The van der Waals surface area contributed by atoms with E-state index in [9.17, 15) is 9.59 Å². The van der Waals surface area contributed by atoms with E-state index in [0.29, 0.717) is 6.42 Å². The predicted molar refractivity (Wildman–Crippen MR) is 40.5 cm³/mol. The standard InChI is InChI=1S/C8H10O4/c1-2-3-5(9)7-6(10)4-12-8(7)11/h10H,2-4H2,1H3. The second kappa shape index (κ2) is 3.38. The Morgan fingerprint density at radius 2 is 2.33 bits per heavy atom. The summed E-state index contributed by atoms with van der Waals surface area (Å²) in [6, 6.07) is 0. The first-order valence-corrected chi connectivity index (χ1v) is 3.79. The summed E-state index contributed by atoms with van der Waals surface area (Å²) in [6.07, 6.45) is 0.928. The number of esters is 1. The van der Waals surface area contributed by atoms with Gasteiger partial charge in [-0.2, -0.15) is 0 Å². The van der Waals surface area contributed by atoms with Crippen molar-refractivity contribution in [2.75, 3.05) is 6.61 Å². The number of hydrogen-bond donors (Lipinski definition) is 1. The van der Waals surface area contributed by atoms with E-state index in [1.54, 1.807) is 0 Å². The molecule has 0 aliphatic carbocycles. The van der Waals surface area contributed by atoms with Crippen LogP contribution in [0.15, 0.2) is 11.3 Å². The summed E-state index contributed by atoms with van der Waals surface area (Å²) >= 11 is 0. The van der Waals surface area contributed by atoms with Gasteiger partial charge in [-0.1, -0.05) is 6.92 Å². The largest absolute Gasteiger partial charge is 0.508 e. The molecule has 1 N–H and O–H groups in total. The first kappa shape index (κ1) is 8.77. The second-order valence-corrected chi connectivity index (χ2v) is 2.57. The second-order valence-electron chi connectivity index (χ2n) is 2.57. The monoisotopic (exact) mass is 170 g/mol. The van der Waals surface area contributed by atoms with Gasteiger partial charge >= 0.3 is 5.97 Å². The summed E-state index contributed by atoms with van der Waals surface area (Å²) < 4.78 is 4.46. The fourth-order valence-corrected chi connectivity index (χ4v) is 1.02. The average Bonchev–Trinajstić information content (AvgIpc) is 2.32. The van der Waals surface area contributed by atoms with Crippen LogP contribution in [0.25, 0.3) is 0 Å². The Balaban J connectivity index is 2.79. The van der Waals surface area contributed by atoms with Crippen LogP contribution in [0.5, 0.6) is 0 Å². The normalized spacial score (nSPS) is 16.6. The molecule has 0 saturated heterocycles. The number of ether oxygens (including phenoxy) is 1. The van der Waals surface area contributed by atoms with Gasteiger partial charge in [0.25, 0.3) is 0 Å². The van der Waals surface area contributed by atoms with Gasteiger partial charge in [0.1, 0.15) is 17.9 Å². The maximum atomic E-state index is 11.1. The SMILES string of the molecule is CCCC(=O)C1=C(O)COC1=O. The molecule has 4 heteroatoms. The maximum absolute atomic E-state index is 11.1. The van der Waals surface area contributed by atoms with Crippen molar-refractivity contribution >= 4 is 11.8 Å². The number of carbonyl (C=O) groups is 2. The first-order valence-electron chi connectivity index (χ1n) is 3.79. The van der Waals surface area contributed by atoms with E-state index in [0.717, 1.165) is 0 Å². The number of aliphatic hydroxyl groups is 1. The number of Topliss-reactive ketones (excluding diaryl/α,β-unsaturated/α-hetero) is 1. The number of cyclic esters (lactones) is 1. The average molecular weight is 170 g/mol. The molecule has 0 fully saturated rings. The highest BCUT2D eigenvalue weighted by molar-refractivity contribution is 6.18. The van der Waals surface area contributed by atoms with E-state index in [2.05, 4.69) is 4.74 Å². The summed E-state index contributed by atoms with van der Waals surface area (Å²) in [5.74, 6) is -1.28. The highest BCUT2D eigenvalue weighted by Gasteiger charge is 2.29. The van der Waals surface area contributed by atoms with E-state index in [-0.39, 0.29) is 30.1 Å². The lowest BCUT2D eigenvalue weighted by Crippen LogP contribution is -2.10. The van der Waals surface area contributed by atoms with E-state index in [4.69, 9.17) is 5.11 Å². The van der Waals surface area contributed by atoms with Crippen molar-refractivity contribution in [3.63, 3.8) is 0 Å².